The summed E-state index contributed by atoms with van der Waals surface area (Å²) in [5, 5.41) is 5.81. The average molecular weight is 246 g/mol. The second kappa shape index (κ2) is 5.89. The Hall–Kier alpha value is -1.51. The fourth-order valence-corrected chi connectivity index (χ4v) is 2.43. The summed E-state index contributed by atoms with van der Waals surface area (Å²) in [5.74, 6) is 0. The summed E-state index contributed by atoms with van der Waals surface area (Å²) in [5.41, 5.74) is 4.12. The molecule has 18 heavy (non-hydrogen) atoms. The van der Waals surface area contributed by atoms with Gasteiger partial charge in [0.05, 0.1) is 6.04 Å². The Morgan fingerprint density at radius 1 is 1.33 bits per heavy atom. The minimum Gasteiger partial charge on any atom is -0.338 e. The van der Waals surface area contributed by atoms with Gasteiger partial charge in [-0.3, -0.25) is 0 Å². The standard InChI is InChI=1S/C15H22N2O/c1-3-9-16-15(18)17-11(2)13-8-7-12-5-4-6-14(12)10-13/h7-8,10-11H,3-6,9H2,1-2H3,(H2,16,17,18)/t11-/m0/s1. The number of carbonyl (C=O) groups is 1. The highest BCUT2D eigenvalue weighted by Crippen LogP contribution is 2.25. The van der Waals surface area contributed by atoms with Crippen LogP contribution in [0.15, 0.2) is 18.2 Å². The molecular formula is C15H22N2O. The summed E-state index contributed by atoms with van der Waals surface area (Å²) in [6.07, 6.45) is 4.60. The molecular weight excluding hydrogens is 224 g/mol. The van der Waals surface area contributed by atoms with Gasteiger partial charge in [-0.1, -0.05) is 25.1 Å². The van der Waals surface area contributed by atoms with E-state index < -0.39 is 0 Å². The third-order valence-corrected chi connectivity index (χ3v) is 3.51. The first-order chi connectivity index (χ1) is 8.70. The molecule has 1 aliphatic carbocycles. The summed E-state index contributed by atoms with van der Waals surface area (Å²) in [7, 11) is 0. The molecule has 0 heterocycles. The first kappa shape index (κ1) is 12.9. The zero-order chi connectivity index (χ0) is 13.0. The number of amides is 2. The number of hydrogen-bond donors (Lipinski definition) is 2. The molecule has 1 atom stereocenters. The molecule has 0 aliphatic heterocycles. The molecule has 2 rings (SSSR count). The van der Waals surface area contributed by atoms with Gasteiger partial charge in [0.1, 0.15) is 0 Å². The normalized spacial score (nSPS) is 15.0. The summed E-state index contributed by atoms with van der Waals surface area (Å²) >= 11 is 0. The van der Waals surface area contributed by atoms with E-state index in [1.54, 1.807) is 0 Å². The van der Waals surface area contributed by atoms with Gasteiger partial charge in [0, 0.05) is 6.54 Å². The van der Waals surface area contributed by atoms with Crippen molar-refractivity contribution in [3.8, 4) is 0 Å². The van der Waals surface area contributed by atoms with E-state index in [0.29, 0.717) is 0 Å². The van der Waals surface area contributed by atoms with E-state index in [0.717, 1.165) is 13.0 Å². The number of nitrogens with one attached hydrogen (secondary N) is 2. The first-order valence-corrected chi connectivity index (χ1v) is 6.86. The van der Waals surface area contributed by atoms with Crippen molar-refractivity contribution in [2.24, 2.45) is 0 Å². The highest BCUT2D eigenvalue weighted by atomic mass is 16.2. The zero-order valence-corrected chi connectivity index (χ0v) is 11.3. The number of fused-ring (bicyclic) bond motifs is 1. The highest BCUT2D eigenvalue weighted by molar-refractivity contribution is 5.74. The van der Waals surface area contributed by atoms with E-state index in [1.807, 2.05) is 13.8 Å². The molecule has 0 spiro atoms. The van der Waals surface area contributed by atoms with Crippen molar-refractivity contribution in [1.29, 1.82) is 0 Å². The van der Waals surface area contributed by atoms with Crippen molar-refractivity contribution in [3.05, 3.63) is 34.9 Å². The van der Waals surface area contributed by atoms with E-state index in [-0.39, 0.29) is 12.1 Å². The highest BCUT2D eigenvalue weighted by Gasteiger charge is 2.14. The number of carbonyl (C=O) groups excluding carboxylic acids is 1. The lowest BCUT2D eigenvalue weighted by atomic mass is 10.0. The van der Waals surface area contributed by atoms with Gasteiger partial charge in [-0.25, -0.2) is 4.79 Å². The van der Waals surface area contributed by atoms with Crippen LogP contribution in [0.4, 0.5) is 4.79 Å². The summed E-state index contributed by atoms with van der Waals surface area (Å²) in [4.78, 5) is 11.6. The Balaban J connectivity index is 1.96. The van der Waals surface area contributed by atoms with Gasteiger partial charge in [0.25, 0.3) is 0 Å². The van der Waals surface area contributed by atoms with Gasteiger partial charge in [-0.05, 0) is 49.3 Å². The molecule has 2 amide bonds. The molecule has 1 aromatic carbocycles. The van der Waals surface area contributed by atoms with Crippen molar-refractivity contribution < 1.29 is 4.79 Å². The van der Waals surface area contributed by atoms with Gasteiger partial charge in [0.2, 0.25) is 0 Å². The second-order valence-corrected chi connectivity index (χ2v) is 5.00. The van der Waals surface area contributed by atoms with Crippen molar-refractivity contribution in [3.63, 3.8) is 0 Å². The van der Waals surface area contributed by atoms with E-state index >= 15 is 0 Å². The molecule has 1 aliphatic rings. The first-order valence-electron chi connectivity index (χ1n) is 6.86. The lowest BCUT2D eigenvalue weighted by Gasteiger charge is -2.16. The topological polar surface area (TPSA) is 41.1 Å². The molecule has 0 unspecified atom stereocenters. The quantitative estimate of drug-likeness (QED) is 0.842. The van der Waals surface area contributed by atoms with Crippen LogP contribution >= 0.6 is 0 Å². The van der Waals surface area contributed by atoms with E-state index in [2.05, 4.69) is 28.8 Å². The fraction of sp³-hybridized carbons (Fsp3) is 0.533. The lowest BCUT2D eigenvalue weighted by Crippen LogP contribution is -2.37. The maximum atomic E-state index is 11.6. The maximum Gasteiger partial charge on any atom is 0.315 e. The van der Waals surface area contributed by atoms with Crippen LogP contribution in [0.2, 0.25) is 0 Å². The second-order valence-electron chi connectivity index (χ2n) is 5.00. The molecule has 3 nitrogen and oxygen atoms in total. The number of urea groups is 1. The molecule has 0 radical (unpaired) electrons. The van der Waals surface area contributed by atoms with E-state index in [9.17, 15) is 4.79 Å². The van der Waals surface area contributed by atoms with Gasteiger partial charge in [-0.15, -0.1) is 0 Å². The minimum absolute atomic E-state index is 0.0627. The predicted molar refractivity (Wildman–Crippen MR) is 73.7 cm³/mol. The molecule has 0 fully saturated rings. The fourth-order valence-electron chi connectivity index (χ4n) is 2.43. The monoisotopic (exact) mass is 246 g/mol. The molecule has 0 aromatic heterocycles. The molecule has 3 heteroatoms. The molecule has 98 valence electrons. The van der Waals surface area contributed by atoms with Gasteiger partial charge < -0.3 is 10.6 Å². The summed E-state index contributed by atoms with van der Waals surface area (Å²) in [6, 6.07) is 6.57. The Labute approximate surface area is 109 Å². The Morgan fingerprint density at radius 3 is 2.89 bits per heavy atom. The lowest BCUT2D eigenvalue weighted by molar-refractivity contribution is 0.238. The molecule has 0 bridgehead atoms. The van der Waals surface area contributed by atoms with Crippen LogP contribution in [0, 0.1) is 0 Å². The van der Waals surface area contributed by atoms with Crippen LogP contribution in [-0.4, -0.2) is 12.6 Å². The molecule has 0 saturated carbocycles. The Bertz CT molecular complexity index is 429. The van der Waals surface area contributed by atoms with Crippen molar-refractivity contribution in [2.45, 2.75) is 45.6 Å². The maximum absolute atomic E-state index is 11.6. The van der Waals surface area contributed by atoms with Crippen LogP contribution in [0.5, 0.6) is 0 Å². The smallest absolute Gasteiger partial charge is 0.315 e. The SMILES string of the molecule is CCCNC(=O)N[C@@H](C)c1ccc2c(c1)CCC2. The Morgan fingerprint density at radius 2 is 2.11 bits per heavy atom. The number of benzene rings is 1. The van der Waals surface area contributed by atoms with Gasteiger partial charge >= 0.3 is 6.03 Å². The molecule has 2 N–H and O–H groups in total. The molecule has 0 saturated heterocycles. The van der Waals surface area contributed by atoms with Crippen molar-refractivity contribution in [1.82, 2.24) is 10.6 Å². The van der Waals surface area contributed by atoms with Gasteiger partial charge in [-0.2, -0.15) is 0 Å². The zero-order valence-electron chi connectivity index (χ0n) is 11.3. The van der Waals surface area contributed by atoms with E-state index in [1.165, 1.54) is 36.0 Å². The summed E-state index contributed by atoms with van der Waals surface area (Å²) < 4.78 is 0. The molecule has 1 aromatic rings. The number of rotatable bonds is 4. The predicted octanol–water partition coefficient (Wildman–Crippen LogP) is 2.95. The van der Waals surface area contributed by atoms with Crippen LogP contribution in [0.25, 0.3) is 0 Å². The number of hydrogen-bond acceptors (Lipinski definition) is 1. The third kappa shape index (κ3) is 3.03. The van der Waals surface area contributed by atoms with Gasteiger partial charge in [0.15, 0.2) is 0 Å². The van der Waals surface area contributed by atoms with Crippen LogP contribution in [-0.2, 0) is 12.8 Å². The van der Waals surface area contributed by atoms with Crippen LogP contribution in [0.1, 0.15) is 49.4 Å². The van der Waals surface area contributed by atoms with E-state index in [4.69, 9.17) is 0 Å². The van der Waals surface area contributed by atoms with Crippen molar-refractivity contribution >= 4 is 6.03 Å². The average Bonchev–Trinajstić information content (AvgIpc) is 2.83. The van der Waals surface area contributed by atoms with Crippen LogP contribution in [0.3, 0.4) is 0 Å². The number of aryl methyl sites for hydroxylation is 2. The minimum atomic E-state index is -0.0788. The summed E-state index contributed by atoms with van der Waals surface area (Å²) in [6.45, 7) is 4.80. The van der Waals surface area contributed by atoms with Crippen molar-refractivity contribution in [2.75, 3.05) is 6.54 Å². The third-order valence-electron chi connectivity index (χ3n) is 3.51. The largest absolute Gasteiger partial charge is 0.338 e. The Kier molecular flexibility index (Phi) is 4.24. The van der Waals surface area contributed by atoms with Crippen LogP contribution < -0.4 is 10.6 Å².